The van der Waals surface area contributed by atoms with E-state index in [1.807, 2.05) is 24.3 Å². The molecule has 0 radical (unpaired) electrons. The van der Waals surface area contributed by atoms with Crippen LogP contribution in [-0.2, 0) is 0 Å². The van der Waals surface area contributed by atoms with E-state index in [2.05, 4.69) is 36.1 Å². The van der Waals surface area contributed by atoms with Crippen molar-refractivity contribution in [1.82, 2.24) is 4.90 Å². The Labute approximate surface area is 175 Å². The number of rotatable bonds is 7. The van der Waals surface area contributed by atoms with Gasteiger partial charge in [0.15, 0.2) is 5.78 Å². The monoisotopic (exact) mass is 391 g/mol. The maximum absolute atomic E-state index is 11.4. The fourth-order valence-electron chi connectivity index (χ4n) is 4.64. The molecule has 0 bridgehead atoms. The molecule has 0 spiro atoms. The molecular formula is C26H33NO2. The van der Waals surface area contributed by atoms with Crippen LogP contribution in [0.5, 0.6) is 5.75 Å². The Kier molecular flexibility index (Phi) is 6.05. The number of hydrogen-bond acceptors (Lipinski definition) is 3. The maximum Gasteiger partial charge on any atom is 0.159 e. The van der Waals surface area contributed by atoms with Gasteiger partial charge >= 0.3 is 0 Å². The number of nitrogens with zero attached hydrogens (tertiary/aromatic N) is 1. The number of hydrogen-bond donors (Lipinski definition) is 0. The Morgan fingerprint density at radius 1 is 1.00 bits per heavy atom. The lowest BCUT2D eigenvalue weighted by Gasteiger charge is -2.44. The molecule has 3 nitrogen and oxygen atoms in total. The van der Waals surface area contributed by atoms with Crippen molar-refractivity contribution in [2.75, 3.05) is 26.2 Å². The van der Waals surface area contributed by atoms with Crippen molar-refractivity contribution in [3.05, 3.63) is 54.1 Å². The van der Waals surface area contributed by atoms with E-state index in [0.29, 0.717) is 11.3 Å². The highest BCUT2D eigenvalue weighted by Gasteiger charge is 2.34. The van der Waals surface area contributed by atoms with Crippen LogP contribution in [0.4, 0.5) is 0 Å². The van der Waals surface area contributed by atoms with E-state index >= 15 is 0 Å². The lowest BCUT2D eigenvalue weighted by Crippen LogP contribution is -2.44. The van der Waals surface area contributed by atoms with E-state index < -0.39 is 0 Å². The summed E-state index contributed by atoms with van der Waals surface area (Å²) in [5.74, 6) is 1.71. The van der Waals surface area contributed by atoms with E-state index in [1.54, 1.807) is 6.92 Å². The highest BCUT2D eigenvalue weighted by atomic mass is 16.5. The van der Waals surface area contributed by atoms with Crippen molar-refractivity contribution in [2.24, 2.45) is 11.3 Å². The van der Waals surface area contributed by atoms with Crippen LogP contribution in [0.1, 0.15) is 56.3 Å². The lowest BCUT2D eigenvalue weighted by molar-refractivity contribution is 0.0564. The molecule has 1 saturated heterocycles. The molecule has 2 aliphatic rings. The SMILES string of the molecule is CC(=O)c1ccc(-c2ccc(OCC3CCN(CC4(C)CCC4)CC3)cc2)cc1. The third-order valence-corrected chi connectivity index (χ3v) is 6.84. The van der Waals surface area contributed by atoms with Crippen molar-refractivity contribution in [1.29, 1.82) is 0 Å². The number of piperidine rings is 1. The standard InChI is InChI=1S/C26H33NO2/c1-20(28)22-4-6-23(7-5-22)24-8-10-25(11-9-24)29-18-21-12-16-27(17-13-21)19-26(2)14-3-15-26/h4-11,21H,3,12-19H2,1-2H3. The summed E-state index contributed by atoms with van der Waals surface area (Å²) in [6, 6.07) is 16.1. The fraction of sp³-hybridized carbons (Fsp3) is 0.500. The molecule has 0 atom stereocenters. The molecule has 0 N–H and O–H groups in total. The van der Waals surface area contributed by atoms with Crippen molar-refractivity contribution < 1.29 is 9.53 Å². The van der Waals surface area contributed by atoms with Crippen molar-refractivity contribution >= 4 is 5.78 Å². The van der Waals surface area contributed by atoms with Crippen molar-refractivity contribution in [3.8, 4) is 16.9 Å². The second-order valence-electron chi connectivity index (χ2n) is 9.35. The van der Waals surface area contributed by atoms with Crippen LogP contribution >= 0.6 is 0 Å². The minimum absolute atomic E-state index is 0.100. The van der Waals surface area contributed by atoms with Crippen LogP contribution in [0.15, 0.2) is 48.5 Å². The van der Waals surface area contributed by atoms with Gasteiger partial charge in [0.05, 0.1) is 6.61 Å². The summed E-state index contributed by atoms with van der Waals surface area (Å²) in [4.78, 5) is 14.1. The van der Waals surface area contributed by atoms with Crippen molar-refractivity contribution in [3.63, 3.8) is 0 Å². The largest absolute Gasteiger partial charge is 0.493 e. The normalized spacial score (nSPS) is 19.5. The molecule has 0 unspecified atom stereocenters. The third-order valence-electron chi connectivity index (χ3n) is 6.84. The van der Waals surface area contributed by atoms with Gasteiger partial charge in [-0.05, 0) is 80.3 Å². The summed E-state index contributed by atoms with van der Waals surface area (Å²) in [5.41, 5.74) is 3.61. The average molecular weight is 392 g/mol. The van der Waals surface area contributed by atoms with Gasteiger partial charge in [-0.3, -0.25) is 4.79 Å². The van der Waals surface area contributed by atoms with E-state index in [0.717, 1.165) is 29.0 Å². The molecule has 1 aliphatic heterocycles. The van der Waals surface area contributed by atoms with Gasteiger partial charge in [0.1, 0.15) is 5.75 Å². The summed E-state index contributed by atoms with van der Waals surface area (Å²) in [6.45, 7) is 8.59. The smallest absolute Gasteiger partial charge is 0.159 e. The molecule has 1 saturated carbocycles. The quantitative estimate of drug-likeness (QED) is 0.556. The van der Waals surface area contributed by atoms with Gasteiger partial charge in [0.2, 0.25) is 0 Å². The molecule has 4 rings (SSSR count). The van der Waals surface area contributed by atoms with E-state index in [9.17, 15) is 4.79 Å². The van der Waals surface area contributed by atoms with Gasteiger partial charge < -0.3 is 9.64 Å². The predicted octanol–water partition coefficient (Wildman–Crippen LogP) is 5.84. The first kappa shape index (κ1) is 20.2. The van der Waals surface area contributed by atoms with Gasteiger partial charge in [-0.15, -0.1) is 0 Å². The predicted molar refractivity (Wildman–Crippen MR) is 118 cm³/mol. The Balaban J connectivity index is 1.24. The number of benzene rings is 2. The number of Topliss-reactive ketones (excluding diaryl/α,β-unsaturated/α-hetero) is 1. The fourth-order valence-corrected chi connectivity index (χ4v) is 4.64. The summed E-state index contributed by atoms with van der Waals surface area (Å²) >= 11 is 0. The number of ether oxygens (including phenoxy) is 1. The topological polar surface area (TPSA) is 29.5 Å². The van der Waals surface area contributed by atoms with Crippen LogP contribution in [0.2, 0.25) is 0 Å². The molecule has 2 fully saturated rings. The highest BCUT2D eigenvalue weighted by molar-refractivity contribution is 5.94. The summed E-state index contributed by atoms with van der Waals surface area (Å²) in [7, 11) is 0. The molecule has 154 valence electrons. The Hall–Kier alpha value is -2.13. The van der Waals surface area contributed by atoms with Crippen molar-refractivity contribution in [2.45, 2.75) is 46.0 Å². The van der Waals surface area contributed by atoms with Gasteiger partial charge in [0.25, 0.3) is 0 Å². The van der Waals surface area contributed by atoms with E-state index in [4.69, 9.17) is 4.74 Å². The van der Waals surface area contributed by atoms with Gasteiger partial charge in [-0.2, -0.15) is 0 Å². The molecule has 29 heavy (non-hydrogen) atoms. The number of ketones is 1. The van der Waals surface area contributed by atoms with Gasteiger partial charge in [-0.1, -0.05) is 49.7 Å². The summed E-state index contributed by atoms with van der Waals surface area (Å²) in [6.07, 6.45) is 6.73. The van der Waals surface area contributed by atoms with Crippen LogP contribution < -0.4 is 4.74 Å². The van der Waals surface area contributed by atoms with E-state index in [-0.39, 0.29) is 5.78 Å². The molecule has 0 aromatic heterocycles. The number of carbonyl (C=O) groups excluding carboxylic acids is 1. The average Bonchev–Trinajstić information content (AvgIpc) is 2.72. The molecule has 1 aliphatic carbocycles. The first-order valence-corrected chi connectivity index (χ1v) is 11.1. The minimum Gasteiger partial charge on any atom is -0.493 e. The Morgan fingerprint density at radius 2 is 1.59 bits per heavy atom. The van der Waals surface area contributed by atoms with Crippen LogP contribution in [0.25, 0.3) is 11.1 Å². The zero-order chi connectivity index (χ0) is 20.3. The van der Waals surface area contributed by atoms with Crippen LogP contribution in [0, 0.1) is 11.3 Å². The minimum atomic E-state index is 0.100. The first-order valence-electron chi connectivity index (χ1n) is 11.1. The second-order valence-corrected chi connectivity index (χ2v) is 9.35. The maximum atomic E-state index is 11.4. The molecule has 2 aromatic carbocycles. The summed E-state index contributed by atoms with van der Waals surface area (Å²) in [5, 5.41) is 0. The molecule has 1 heterocycles. The molecule has 2 aromatic rings. The Morgan fingerprint density at radius 3 is 2.10 bits per heavy atom. The lowest BCUT2D eigenvalue weighted by atomic mass is 9.70. The molecule has 0 amide bonds. The second kappa shape index (κ2) is 8.71. The molecule has 3 heteroatoms. The van der Waals surface area contributed by atoms with Crippen LogP contribution in [0.3, 0.4) is 0 Å². The highest BCUT2D eigenvalue weighted by Crippen LogP contribution is 2.41. The van der Waals surface area contributed by atoms with Crippen LogP contribution in [-0.4, -0.2) is 36.9 Å². The zero-order valence-electron chi connectivity index (χ0n) is 17.8. The third kappa shape index (κ3) is 5.08. The number of likely N-dealkylation sites (tertiary alicyclic amines) is 1. The van der Waals surface area contributed by atoms with Gasteiger partial charge in [0, 0.05) is 12.1 Å². The molecular weight excluding hydrogens is 358 g/mol. The van der Waals surface area contributed by atoms with E-state index in [1.165, 1.54) is 51.7 Å². The number of carbonyl (C=O) groups is 1. The summed E-state index contributed by atoms with van der Waals surface area (Å²) < 4.78 is 6.09. The zero-order valence-corrected chi connectivity index (χ0v) is 17.8. The Bertz CT molecular complexity index is 813. The van der Waals surface area contributed by atoms with Gasteiger partial charge in [-0.25, -0.2) is 0 Å². The first-order chi connectivity index (χ1) is 14.0.